The van der Waals surface area contributed by atoms with E-state index < -0.39 is 0 Å². The quantitative estimate of drug-likeness (QED) is 0.580. The van der Waals surface area contributed by atoms with Gasteiger partial charge in [-0.25, -0.2) is 9.97 Å². The molecular weight excluding hydrogens is 374 g/mol. The van der Waals surface area contributed by atoms with Crippen LogP contribution in [0.25, 0.3) is 22.4 Å². The van der Waals surface area contributed by atoms with E-state index in [1.165, 1.54) is 0 Å². The molecule has 0 radical (unpaired) electrons. The number of aliphatic hydroxyl groups excluding tert-OH is 1. The number of ether oxygens (including phenoxy) is 1. The summed E-state index contributed by atoms with van der Waals surface area (Å²) < 4.78 is 8.06. The summed E-state index contributed by atoms with van der Waals surface area (Å²) in [6, 6.07) is 9.65. The Labute approximate surface area is 168 Å². The predicted octanol–water partition coefficient (Wildman–Crippen LogP) is 2.48. The number of nitrogen functional groups attached to an aromatic ring is 1. The number of hydrogen-bond donors (Lipinski definition) is 3. The van der Waals surface area contributed by atoms with Crippen LogP contribution in [-0.2, 0) is 4.74 Å². The van der Waals surface area contributed by atoms with Crippen LogP contribution in [-0.4, -0.2) is 37.3 Å². The van der Waals surface area contributed by atoms with Gasteiger partial charge in [0.2, 0.25) is 0 Å². The van der Waals surface area contributed by atoms with Crippen LogP contribution in [0.15, 0.2) is 36.5 Å². The Balaban J connectivity index is 1.93. The van der Waals surface area contributed by atoms with Crippen LogP contribution in [0.1, 0.15) is 25.6 Å². The van der Waals surface area contributed by atoms with E-state index in [1.807, 2.05) is 41.1 Å². The van der Waals surface area contributed by atoms with Crippen molar-refractivity contribution >= 4 is 34.1 Å². The smallest absolute Gasteiger partial charge is 0.163 e. The molecule has 3 aromatic rings. The molecule has 0 saturated carbocycles. The standard InChI is InChI=1S/C20H23N5O2S/c1-10-11(2)20(27-14(10)9-26)25-8-13(17(22)28)15-16(21)23-18(24-19(15)25)12-6-4-3-5-7-12/h3-8,10-11,14,20,26H,9H2,1-2H3,(H2,22,28)(H2,21,23,24)/t10-,11+,14+,20+/m0/s1. The molecule has 7 nitrogen and oxygen atoms in total. The van der Waals surface area contributed by atoms with E-state index >= 15 is 0 Å². The van der Waals surface area contributed by atoms with E-state index in [1.54, 1.807) is 0 Å². The molecule has 4 rings (SSSR count). The van der Waals surface area contributed by atoms with Crippen LogP contribution in [0.4, 0.5) is 5.82 Å². The summed E-state index contributed by atoms with van der Waals surface area (Å²) in [6.45, 7) is 4.14. The maximum atomic E-state index is 9.64. The summed E-state index contributed by atoms with van der Waals surface area (Å²) in [5.41, 5.74) is 14.4. The summed E-state index contributed by atoms with van der Waals surface area (Å²) in [5, 5.41) is 10.3. The lowest BCUT2D eigenvalue weighted by molar-refractivity contribution is -0.0334. The molecule has 0 amide bonds. The number of aromatic nitrogens is 3. The van der Waals surface area contributed by atoms with Crippen LogP contribution < -0.4 is 11.5 Å². The topological polar surface area (TPSA) is 112 Å². The highest BCUT2D eigenvalue weighted by Crippen LogP contribution is 2.41. The zero-order valence-electron chi connectivity index (χ0n) is 15.7. The van der Waals surface area contributed by atoms with Gasteiger partial charge in [-0.2, -0.15) is 0 Å². The number of anilines is 1. The first-order valence-corrected chi connectivity index (χ1v) is 9.62. The second kappa shape index (κ2) is 7.12. The molecule has 28 heavy (non-hydrogen) atoms. The molecule has 0 unspecified atom stereocenters. The SMILES string of the molecule is C[C@@H]1[C@H](C)[C@@H](CO)O[C@H]1n1cc(C(N)=S)c2c(N)nc(-c3ccccc3)nc21. The molecule has 1 aromatic carbocycles. The minimum absolute atomic E-state index is 0.0320. The van der Waals surface area contributed by atoms with Crippen molar-refractivity contribution < 1.29 is 9.84 Å². The lowest BCUT2D eigenvalue weighted by atomic mass is 9.93. The monoisotopic (exact) mass is 397 g/mol. The van der Waals surface area contributed by atoms with Gasteiger partial charge in [-0.15, -0.1) is 0 Å². The molecule has 0 bridgehead atoms. The van der Waals surface area contributed by atoms with Crippen LogP contribution in [0.2, 0.25) is 0 Å². The Morgan fingerprint density at radius 3 is 2.54 bits per heavy atom. The van der Waals surface area contributed by atoms with Crippen molar-refractivity contribution in [3.8, 4) is 11.4 Å². The van der Waals surface area contributed by atoms with Gasteiger partial charge in [0.25, 0.3) is 0 Å². The van der Waals surface area contributed by atoms with E-state index in [9.17, 15) is 5.11 Å². The predicted molar refractivity (Wildman–Crippen MR) is 113 cm³/mol. The first kappa shape index (κ1) is 18.8. The second-order valence-corrected chi connectivity index (χ2v) is 7.72. The van der Waals surface area contributed by atoms with Gasteiger partial charge >= 0.3 is 0 Å². The maximum Gasteiger partial charge on any atom is 0.163 e. The van der Waals surface area contributed by atoms with Crippen molar-refractivity contribution in [2.24, 2.45) is 17.6 Å². The Bertz CT molecular complexity index is 1040. The van der Waals surface area contributed by atoms with Crippen molar-refractivity contribution in [3.63, 3.8) is 0 Å². The van der Waals surface area contributed by atoms with Crippen LogP contribution in [0, 0.1) is 11.8 Å². The number of rotatable bonds is 4. The number of hydrogen-bond acceptors (Lipinski definition) is 6. The number of aliphatic hydroxyl groups is 1. The van der Waals surface area contributed by atoms with Crippen LogP contribution in [0.3, 0.4) is 0 Å². The average Bonchev–Trinajstić information content (AvgIpc) is 3.21. The number of nitrogens with zero attached hydrogens (tertiary/aromatic N) is 3. The molecule has 3 heterocycles. The Hall–Kier alpha value is -2.55. The van der Waals surface area contributed by atoms with E-state index in [-0.39, 0.29) is 35.8 Å². The maximum absolute atomic E-state index is 9.64. The van der Waals surface area contributed by atoms with Gasteiger partial charge in [-0.3, -0.25) is 0 Å². The summed E-state index contributed by atoms with van der Waals surface area (Å²) >= 11 is 5.23. The molecule has 1 saturated heterocycles. The van der Waals surface area contributed by atoms with Gasteiger partial charge in [0.05, 0.1) is 18.1 Å². The molecule has 1 fully saturated rings. The van der Waals surface area contributed by atoms with E-state index in [0.717, 1.165) is 5.56 Å². The molecule has 4 atom stereocenters. The third-order valence-corrected chi connectivity index (χ3v) is 5.85. The van der Waals surface area contributed by atoms with Crippen molar-refractivity contribution in [2.45, 2.75) is 26.2 Å². The number of fused-ring (bicyclic) bond motifs is 1. The van der Waals surface area contributed by atoms with Crippen LogP contribution in [0.5, 0.6) is 0 Å². The van der Waals surface area contributed by atoms with Gasteiger partial charge in [0.1, 0.15) is 22.7 Å². The van der Waals surface area contributed by atoms with Crippen molar-refractivity contribution in [1.82, 2.24) is 14.5 Å². The van der Waals surface area contributed by atoms with Gasteiger partial charge in [0, 0.05) is 23.2 Å². The lowest BCUT2D eigenvalue weighted by Crippen LogP contribution is -2.19. The van der Waals surface area contributed by atoms with Gasteiger partial charge in [-0.05, 0) is 5.92 Å². The van der Waals surface area contributed by atoms with Gasteiger partial charge in [-0.1, -0.05) is 56.4 Å². The molecule has 1 aliphatic heterocycles. The molecule has 0 spiro atoms. The first-order valence-electron chi connectivity index (χ1n) is 9.22. The van der Waals surface area contributed by atoms with E-state index in [0.29, 0.717) is 28.2 Å². The summed E-state index contributed by atoms with van der Waals surface area (Å²) in [4.78, 5) is 9.48. The highest BCUT2D eigenvalue weighted by atomic mass is 32.1. The fourth-order valence-corrected chi connectivity index (χ4v) is 3.98. The molecular formula is C20H23N5O2S. The normalized spacial score (nSPS) is 24.7. The Morgan fingerprint density at radius 1 is 1.21 bits per heavy atom. The number of nitrogens with two attached hydrogens (primary N) is 2. The fraction of sp³-hybridized carbons (Fsp3) is 0.350. The highest BCUT2D eigenvalue weighted by Gasteiger charge is 2.40. The summed E-state index contributed by atoms with van der Waals surface area (Å²) in [5.74, 6) is 1.19. The molecule has 8 heteroatoms. The molecule has 2 aromatic heterocycles. The average molecular weight is 398 g/mol. The minimum atomic E-state index is -0.310. The molecule has 1 aliphatic rings. The fourth-order valence-electron chi connectivity index (χ4n) is 3.83. The number of thiocarbonyl (C=S) groups is 1. The van der Waals surface area contributed by atoms with Crippen LogP contribution >= 0.6 is 12.2 Å². The third-order valence-electron chi connectivity index (χ3n) is 5.63. The molecule has 0 aliphatic carbocycles. The van der Waals surface area contributed by atoms with E-state index in [2.05, 4.69) is 18.8 Å². The zero-order valence-corrected chi connectivity index (χ0v) is 16.6. The third kappa shape index (κ3) is 2.94. The highest BCUT2D eigenvalue weighted by molar-refractivity contribution is 7.80. The zero-order chi connectivity index (χ0) is 20.0. The molecule has 5 N–H and O–H groups in total. The number of benzene rings is 1. The second-order valence-electron chi connectivity index (χ2n) is 7.28. The summed E-state index contributed by atoms with van der Waals surface area (Å²) in [6.07, 6.45) is 1.29. The lowest BCUT2D eigenvalue weighted by Gasteiger charge is -2.19. The van der Waals surface area contributed by atoms with Crippen molar-refractivity contribution in [2.75, 3.05) is 12.3 Å². The molecule has 146 valence electrons. The first-order chi connectivity index (χ1) is 13.4. The Morgan fingerprint density at radius 2 is 1.93 bits per heavy atom. The van der Waals surface area contributed by atoms with E-state index in [4.69, 9.17) is 33.4 Å². The van der Waals surface area contributed by atoms with Crippen molar-refractivity contribution in [3.05, 3.63) is 42.1 Å². The van der Waals surface area contributed by atoms with Gasteiger partial charge in [0.15, 0.2) is 5.82 Å². The largest absolute Gasteiger partial charge is 0.394 e. The Kier molecular flexibility index (Phi) is 4.78. The van der Waals surface area contributed by atoms with Gasteiger partial charge < -0.3 is 25.9 Å². The minimum Gasteiger partial charge on any atom is -0.394 e. The van der Waals surface area contributed by atoms with Crippen molar-refractivity contribution in [1.29, 1.82) is 0 Å². The summed E-state index contributed by atoms with van der Waals surface area (Å²) in [7, 11) is 0.